The summed E-state index contributed by atoms with van der Waals surface area (Å²) in [4.78, 5) is 27.0. The summed E-state index contributed by atoms with van der Waals surface area (Å²) < 4.78 is 0. The van der Waals surface area contributed by atoms with Crippen molar-refractivity contribution in [2.24, 2.45) is 22.1 Å². The first-order valence-electron chi connectivity index (χ1n) is 4.75. The van der Waals surface area contributed by atoms with E-state index in [-0.39, 0.29) is 17.7 Å². The lowest BCUT2D eigenvalue weighted by Gasteiger charge is -2.22. The molecule has 1 atom stereocenters. The predicted molar refractivity (Wildman–Crippen MR) is 50.5 cm³/mol. The largest absolute Gasteiger partial charge is 0.330 e. The number of nitrogens with one attached hydrogen (secondary N) is 1. The first kappa shape index (κ1) is 9.33. The van der Waals surface area contributed by atoms with E-state index in [0.717, 1.165) is 0 Å². The van der Waals surface area contributed by atoms with Crippen LogP contribution in [-0.4, -0.2) is 24.2 Å². The third-order valence-electron chi connectivity index (χ3n) is 2.88. The zero-order valence-electron chi connectivity index (χ0n) is 8.04. The van der Waals surface area contributed by atoms with Gasteiger partial charge in [0, 0.05) is 12.5 Å². The smallest absolute Gasteiger partial charge is 0.263 e. The van der Waals surface area contributed by atoms with Gasteiger partial charge in [0.1, 0.15) is 11.3 Å². The predicted octanol–water partition coefficient (Wildman–Crippen LogP) is -0.584. The zero-order valence-corrected chi connectivity index (χ0v) is 8.04. The molecule has 1 aliphatic heterocycles. The molecule has 0 radical (unpaired) electrons. The molecule has 0 aromatic carbocycles. The van der Waals surface area contributed by atoms with Crippen molar-refractivity contribution in [2.45, 2.75) is 19.8 Å². The molecule has 1 heterocycles. The molecule has 1 spiro atoms. The molecule has 0 saturated heterocycles. The van der Waals surface area contributed by atoms with E-state index >= 15 is 0 Å². The lowest BCUT2D eigenvalue weighted by atomic mass is 10.0. The summed E-state index contributed by atoms with van der Waals surface area (Å²) in [6.07, 6.45) is 1.26. The summed E-state index contributed by atoms with van der Waals surface area (Å²) in [6, 6.07) is 0. The normalized spacial score (nSPS) is 25.7. The molecule has 1 unspecified atom stereocenters. The average Bonchev–Trinajstić information content (AvgIpc) is 2.94. The number of nitrogens with two attached hydrogens (primary N) is 1. The molecule has 1 fully saturated rings. The maximum atomic E-state index is 11.6. The molecule has 1 saturated carbocycles. The van der Waals surface area contributed by atoms with Gasteiger partial charge in [-0.25, -0.2) is 0 Å². The van der Waals surface area contributed by atoms with E-state index in [0.29, 0.717) is 25.2 Å². The van der Waals surface area contributed by atoms with Gasteiger partial charge >= 0.3 is 0 Å². The van der Waals surface area contributed by atoms with Crippen LogP contribution in [0.1, 0.15) is 19.8 Å². The monoisotopic (exact) mass is 195 g/mol. The summed E-state index contributed by atoms with van der Waals surface area (Å²) in [5.41, 5.74) is 4.63. The van der Waals surface area contributed by atoms with Gasteiger partial charge in [0.15, 0.2) is 0 Å². The molecule has 2 amide bonds. The van der Waals surface area contributed by atoms with Crippen LogP contribution in [0.5, 0.6) is 0 Å². The van der Waals surface area contributed by atoms with E-state index in [1.165, 1.54) is 0 Å². The molecule has 0 aromatic heterocycles. The Kier molecular flexibility index (Phi) is 1.92. The standard InChI is InChI=1S/C9H13N3O2/c1-5(4-10)6-11-7(13)9(2-3-9)8(14)12-6/h5H,2-4,10H2,1H3,(H,11,12,13,14). The average molecular weight is 195 g/mol. The van der Waals surface area contributed by atoms with Crippen LogP contribution in [-0.2, 0) is 9.59 Å². The van der Waals surface area contributed by atoms with Crippen LogP contribution in [0.3, 0.4) is 0 Å². The molecule has 2 aliphatic rings. The summed E-state index contributed by atoms with van der Waals surface area (Å²) >= 11 is 0. The maximum absolute atomic E-state index is 11.6. The highest BCUT2D eigenvalue weighted by molar-refractivity contribution is 6.20. The van der Waals surface area contributed by atoms with Crippen molar-refractivity contribution in [3.05, 3.63) is 0 Å². The molecule has 5 nitrogen and oxygen atoms in total. The second kappa shape index (κ2) is 2.88. The number of hydrogen-bond donors (Lipinski definition) is 2. The van der Waals surface area contributed by atoms with Crippen molar-refractivity contribution in [1.82, 2.24) is 5.32 Å². The second-order valence-corrected chi connectivity index (χ2v) is 3.98. The molecule has 0 aromatic rings. The molecule has 1 aliphatic carbocycles. The van der Waals surface area contributed by atoms with Gasteiger partial charge in [-0.1, -0.05) is 6.92 Å². The Hall–Kier alpha value is -1.23. The van der Waals surface area contributed by atoms with E-state index in [2.05, 4.69) is 10.3 Å². The maximum Gasteiger partial charge on any atom is 0.263 e. The van der Waals surface area contributed by atoms with Gasteiger partial charge in [-0.05, 0) is 12.8 Å². The number of carbonyl (C=O) groups is 2. The number of nitrogens with zero attached hydrogens (tertiary/aromatic N) is 1. The Morgan fingerprint density at radius 1 is 1.57 bits per heavy atom. The third kappa shape index (κ3) is 1.16. The first-order valence-corrected chi connectivity index (χ1v) is 4.75. The number of carbonyl (C=O) groups excluding carboxylic acids is 2. The lowest BCUT2D eigenvalue weighted by molar-refractivity contribution is -0.135. The Morgan fingerprint density at radius 3 is 2.64 bits per heavy atom. The fourth-order valence-electron chi connectivity index (χ4n) is 1.49. The molecule has 14 heavy (non-hydrogen) atoms. The third-order valence-corrected chi connectivity index (χ3v) is 2.88. The number of hydrogen-bond acceptors (Lipinski definition) is 3. The quantitative estimate of drug-likeness (QED) is 0.578. The van der Waals surface area contributed by atoms with Crippen LogP contribution in [0.4, 0.5) is 0 Å². The summed E-state index contributed by atoms with van der Waals surface area (Å²) in [5, 5.41) is 2.66. The molecule has 76 valence electrons. The minimum absolute atomic E-state index is 0.0704. The van der Waals surface area contributed by atoms with Crippen LogP contribution >= 0.6 is 0 Å². The topological polar surface area (TPSA) is 84.5 Å². The van der Waals surface area contributed by atoms with Crippen molar-refractivity contribution < 1.29 is 9.59 Å². The molecular weight excluding hydrogens is 182 g/mol. The summed E-state index contributed by atoms with van der Waals surface area (Å²) in [5.74, 6) is -0.150. The van der Waals surface area contributed by atoms with Crippen molar-refractivity contribution in [1.29, 1.82) is 0 Å². The zero-order chi connectivity index (χ0) is 10.3. The fourth-order valence-corrected chi connectivity index (χ4v) is 1.49. The molecule has 3 N–H and O–H groups in total. The van der Waals surface area contributed by atoms with Crippen molar-refractivity contribution in [2.75, 3.05) is 6.54 Å². The Morgan fingerprint density at radius 2 is 2.21 bits per heavy atom. The van der Waals surface area contributed by atoms with Crippen LogP contribution in [0, 0.1) is 11.3 Å². The van der Waals surface area contributed by atoms with Gasteiger partial charge < -0.3 is 11.1 Å². The van der Waals surface area contributed by atoms with Gasteiger partial charge in [-0.3, -0.25) is 9.59 Å². The lowest BCUT2D eigenvalue weighted by Crippen LogP contribution is -2.48. The number of amides is 2. The Labute approximate surface area is 81.8 Å². The number of rotatable bonds is 2. The van der Waals surface area contributed by atoms with E-state index in [9.17, 15) is 9.59 Å². The van der Waals surface area contributed by atoms with Crippen molar-refractivity contribution >= 4 is 17.6 Å². The number of amidine groups is 1. The van der Waals surface area contributed by atoms with Crippen LogP contribution in [0.15, 0.2) is 4.99 Å². The van der Waals surface area contributed by atoms with E-state index in [4.69, 9.17) is 5.73 Å². The van der Waals surface area contributed by atoms with E-state index in [1.54, 1.807) is 0 Å². The summed E-state index contributed by atoms with van der Waals surface area (Å²) in [7, 11) is 0. The highest BCUT2D eigenvalue weighted by atomic mass is 16.2. The van der Waals surface area contributed by atoms with Crippen LogP contribution in [0.2, 0.25) is 0 Å². The van der Waals surface area contributed by atoms with E-state index in [1.807, 2.05) is 6.92 Å². The molecule has 0 bridgehead atoms. The summed E-state index contributed by atoms with van der Waals surface area (Å²) in [6.45, 7) is 2.21. The van der Waals surface area contributed by atoms with Gasteiger partial charge in [0.05, 0.1) is 0 Å². The minimum Gasteiger partial charge on any atom is -0.330 e. The van der Waals surface area contributed by atoms with Gasteiger partial charge in [-0.15, -0.1) is 0 Å². The first-order chi connectivity index (χ1) is 6.60. The van der Waals surface area contributed by atoms with Crippen molar-refractivity contribution in [3.63, 3.8) is 0 Å². The van der Waals surface area contributed by atoms with E-state index < -0.39 is 5.41 Å². The second-order valence-electron chi connectivity index (χ2n) is 3.98. The highest BCUT2D eigenvalue weighted by Crippen LogP contribution is 2.48. The molecule has 5 heteroatoms. The Bertz CT molecular complexity index is 331. The Balaban J connectivity index is 2.24. The van der Waals surface area contributed by atoms with Gasteiger partial charge in [0.25, 0.3) is 5.91 Å². The SMILES string of the molecule is CC(CN)C1=NC(=O)C2(CC2)C(=O)N1. The fraction of sp³-hybridized carbons (Fsp3) is 0.667. The highest BCUT2D eigenvalue weighted by Gasteiger charge is 2.58. The molecule has 2 rings (SSSR count). The van der Waals surface area contributed by atoms with Gasteiger partial charge in [0.2, 0.25) is 5.91 Å². The van der Waals surface area contributed by atoms with Crippen LogP contribution in [0.25, 0.3) is 0 Å². The number of aliphatic imine (C=N–C) groups is 1. The van der Waals surface area contributed by atoms with Gasteiger partial charge in [-0.2, -0.15) is 4.99 Å². The van der Waals surface area contributed by atoms with Crippen molar-refractivity contribution in [3.8, 4) is 0 Å². The van der Waals surface area contributed by atoms with Crippen LogP contribution < -0.4 is 11.1 Å². The minimum atomic E-state index is -0.808. The molecular formula is C9H13N3O2.